The highest BCUT2D eigenvalue weighted by atomic mass is 32.1. The van der Waals surface area contributed by atoms with Crippen molar-refractivity contribution in [2.75, 3.05) is 18.0 Å². The van der Waals surface area contributed by atoms with Crippen LogP contribution in [0.15, 0.2) is 0 Å². The highest BCUT2D eigenvalue weighted by Crippen LogP contribution is 2.40. The number of nitrogens with zero attached hydrogens (tertiary/aromatic N) is 3. The Bertz CT molecular complexity index is 697. The molecule has 0 atom stereocenters. The molecule has 0 amide bonds. The number of aromatic nitrogens is 2. The minimum Gasteiger partial charge on any atom is -0.355 e. The third kappa shape index (κ3) is 1.84. The third-order valence-corrected chi connectivity index (χ3v) is 5.46. The van der Waals surface area contributed by atoms with E-state index in [-0.39, 0.29) is 0 Å². The van der Waals surface area contributed by atoms with Crippen molar-refractivity contribution in [1.29, 1.82) is 0 Å². The molecule has 5 heteroatoms. The molecule has 2 aliphatic rings. The van der Waals surface area contributed by atoms with E-state index in [0.29, 0.717) is 18.6 Å². The Kier molecular flexibility index (Phi) is 2.77. The fraction of sp³-hybridized carbons (Fsp3) is 0.533. The van der Waals surface area contributed by atoms with Crippen LogP contribution in [0.4, 0.5) is 5.82 Å². The first-order valence-electron chi connectivity index (χ1n) is 7.28. The van der Waals surface area contributed by atoms with E-state index in [9.17, 15) is 4.79 Å². The summed E-state index contributed by atoms with van der Waals surface area (Å²) in [5, 5.41) is 1.27. The van der Waals surface area contributed by atoms with E-state index in [1.165, 1.54) is 28.7 Å². The van der Waals surface area contributed by atoms with Crippen LogP contribution in [0.25, 0.3) is 10.2 Å². The van der Waals surface area contributed by atoms with E-state index in [1.54, 1.807) is 0 Å². The first-order chi connectivity index (χ1) is 9.72. The van der Waals surface area contributed by atoms with Crippen LogP contribution >= 0.6 is 11.3 Å². The van der Waals surface area contributed by atoms with Crippen molar-refractivity contribution in [3.8, 4) is 0 Å². The average molecular weight is 287 g/mol. The Hall–Kier alpha value is -1.49. The van der Waals surface area contributed by atoms with E-state index in [0.717, 1.165) is 36.0 Å². The van der Waals surface area contributed by atoms with Crippen molar-refractivity contribution in [2.45, 2.75) is 39.0 Å². The monoisotopic (exact) mass is 287 g/mol. The fourth-order valence-corrected chi connectivity index (χ4v) is 4.58. The van der Waals surface area contributed by atoms with Crippen LogP contribution in [0.3, 0.4) is 0 Å². The zero-order valence-electron chi connectivity index (χ0n) is 11.6. The summed E-state index contributed by atoms with van der Waals surface area (Å²) in [6.45, 7) is 3.56. The molecule has 0 N–H and O–H groups in total. The Labute approximate surface area is 121 Å². The second-order valence-electron chi connectivity index (χ2n) is 5.66. The number of hydrogen-bond acceptors (Lipinski definition) is 5. The normalized spacial score (nSPS) is 18.9. The molecule has 0 bridgehead atoms. The van der Waals surface area contributed by atoms with Crippen LogP contribution < -0.4 is 4.90 Å². The lowest BCUT2D eigenvalue weighted by molar-refractivity contribution is -0.119. The quantitative estimate of drug-likeness (QED) is 0.809. The number of carbonyl (C=O) groups is 1. The van der Waals surface area contributed by atoms with Crippen molar-refractivity contribution < 1.29 is 4.79 Å². The predicted molar refractivity (Wildman–Crippen MR) is 80.6 cm³/mol. The lowest BCUT2D eigenvalue weighted by Crippen LogP contribution is -2.34. The third-order valence-electron chi connectivity index (χ3n) is 4.28. The number of fused-ring (bicyclic) bond motifs is 3. The summed E-state index contributed by atoms with van der Waals surface area (Å²) in [4.78, 5) is 25.7. The molecule has 1 aliphatic carbocycles. The van der Waals surface area contributed by atoms with E-state index < -0.39 is 0 Å². The molecular formula is C15H17N3OS. The van der Waals surface area contributed by atoms with Crippen LogP contribution in [0, 0.1) is 6.92 Å². The maximum Gasteiger partial charge on any atom is 0.141 e. The lowest BCUT2D eigenvalue weighted by atomic mass is 10.1. The minimum absolute atomic E-state index is 0.374. The number of aryl methyl sites for hydroxylation is 3. The van der Waals surface area contributed by atoms with Crippen molar-refractivity contribution in [3.63, 3.8) is 0 Å². The minimum atomic E-state index is 0.374. The van der Waals surface area contributed by atoms with Crippen molar-refractivity contribution in [3.05, 3.63) is 16.3 Å². The van der Waals surface area contributed by atoms with Gasteiger partial charge in [0.25, 0.3) is 0 Å². The van der Waals surface area contributed by atoms with Crippen LogP contribution in [0.5, 0.6) is 0 Å². The summed E-state index contributed by atoms with van der Waals surface area (Å²) in [6, 6.07) is 0. The summed E-state index contributed by atoms with van der Waals surface area (Å²) in [7, 11) is 0. The summed E-state index contributed by atoms with van der Waals surface area (Å²) in [6.07, 6.45) is 4.89. The maximum atomic E-state index is 11.5. The van der Waals surface area contributed by atoms with E-state index >= 15 is 0 Å². The number of ketones is 1. The van der Waals surface area contributed by atoms with Crippen molar-refractivity contribution in [1.82, 2.24) is 9.97 Å². The first kappa shape index (κ1) is 12.3. The van der Waals surface area contributed by atoms with Gasteiger partial charge in [0, 0.05) is 30.8 Å². The molecule has 0 saturated carbocycles. The Morgan fingerprint density at radius 3 is 2.70 bits per heavy atom. The van der Waals surface area contributed by atoms with E-state index in [1.807, 2.05) is 18.3 Å². The second-order valence-corrected chi connectivity index (χ2v) is 6.74. The van der Waals surface area contributed by atoms with Crippen LogP contribution in [-0.2, 0) is 17.6 Å². The lowest BCUT2D eigenvalue weighted by Gasteiger charge is -2.28. The average Bonchev–Trinajstić information content (AvgIpc) is 2.98. The molecule has 20 heavy (non-hydrogen) atoms. The van der Waals surface area contributed by atoms with Gasteiger partial charge in [-0.2, -0.15) is 0 Å². The molecule has 0 spiro atoms. The van der Waals surface area contributed by atoms with Crippen LogP contribution in [0.2, 0.25) is 0 Å². The van der Waals surface area contributed by atoms with Gasteiger partial charge in [-0.25, -0.2) is 9.97 Å². The van der Waals surface area contributed by atoms with Gasteiger partial charge in [0.1, 0.15) is 22.3 Å². The van der Waals surface area contributed by atoms with E-state index in [4.69, 9.17) is 4.98 Å². The first-order valence-corrected chi connectivity index (χ1v) is 8.09. The molecule has 0 aromatic carbocycles. The number of anilines is 1. The number of thiophene rings is 1. The molecule has 104 valence electrons. The number of carbonyl (C=O) groups excluding carboxylic acids is 1. The molecular weight excluding hydrogens is 270 g/mol. The van der Waals surface area contributed by atoms with Gasteiger partial charge in [0.05, 0.1) is 5.39 Å². The summed E-state index contributed by atoms with van der Waals surface area (Å²) in [5.41, 5.74) is 1.47. The van der Waals surface area contributed by atoms with Gasteiger partial charge >= 0.3 is 0 Å². The fourth-order valence-electron chi connectivity index (χ4n) is 3.28. The van der Waals surface area contributed by atoms with Gasteiger partial charge in [-0.15, -0.1) is 11.3 Å². The number of hydrogen-bond donors (Lipinski definition) is 0. The Morgan fingerprint density at radius 1 is 1.10 bits per heavy atom. The van der Waals surface area contributed by atoms with Gasteiger partial charge in [0.2, 0.25) is 0 Å². The number of Topliss-reactive ketones (excluding diaryl/α,β-unsaturated/α-hetero) is 1. The van der Waals surface area contributed by atoms with Crippen molar-refractivity contribution >= 4 is 33.2 Å². The largest absolute Gasteiger partial charge is 0.355 e. The number of rotatable bonds is 1. The zero-order valence-corrected chi connectivity index (χ0v) is 12.4. The molecule has 1 saturated heterocycles. The van der Waals surface area contributed by atoms with Gasteiger partial charge in [0.15, 0.2) is 0 Å². The second kappa shape index (κ2) is 4.52. The van der Waals surface area contributed by atoms with Gasteiger partial charge in [-0.05, 0) is 31.7 Å². The highest BCUT2D eigenvalue weighted by Gasteiger charge is 2.26. The molecule has 1 fully saturated rings. The van der Waals surface area contributed by atoms with Crippen molar-refractivity contribution in [2.24, 2.45) is 0 Å². The summed E-state index contributed by atoms with van der Waals surface area (Å²) in [5.74, 6) is 2.28. The summed E-state index contributed by atoms with van der Waals surface area (Å²) < 4.78 is 0. The molecule has 2 aromatic heterocycles. The topological polar surface area (TPSA) is 46.1 Å². The molecule has 2 aromatic rings. The van der Waals surface area contributed by atoms with Gasteiger partial charge in [-0.3, -0.25) is 4.79 Å². The number of piperidine rings is 1. The molecule has 1 aliphatic heterocycles. The maximum absolute atomic E-state index is 11.5. The standard InChI is InChI=1S/C15H17N3OS/c1-9-16-14(18-7-5-10(19)6-8-18)13-11-3-2-4-12(11)20-15(13)17-9/h2-8H2,1H3. The van der Waals surface area contributed by atoms with E-state index in [2.05, 4.69) is 9.88 Å². The smallest absolute Gasteiger partial charge is 0.141 e. The molecule has 4 nitrogen and oxygen atoms in total. The SMILES string of the molecule is Cc1nc(N2CCC(=O)CC2)c2c3c(sc2n1)CCC3. The molecule has 4 rings (SSSR count). The molecule has 0 radical (unpaired) electrons. The predicted octanol–water partition coefficient (Wildman–Crippen LogP) is 2.66. The van der Waals surface area contributed by atoms with Crippen LogP contribution in [0.1, 0.15) is 35.5 Å². The summed E-state index contributed by atoms with van der Waals surface area (Å²) >= 11 is 1.83. The van der Waals surface area contributed by atoms with Crippen LogP contribution in [-0.4, -0.2) is 28.8 Å². The zero-order chi connectivity index (χ0) is 13.7. The molecule has 0 unspecified atom stereocenters. The Morgan fingerprint density at radius 2 is 1.90 bits per heavy atom. The Balaban J connectivity index is 1.87. The molecule has 3 heterocycles. The highest BCUT2D eigenvalue weighted by molar-refractivity contribution is 7.19. The van der Waals surface area contributed by atoms with Gasteiger partial charge < -0.3 is 4.90 Å². The van der Waals surface area contributed by atoms with Gasteiger partial charge in [-0.1, -0.05) is 0 Å².